The minimum atomic E-state index is 0.278. The molecule has 1 heterocycles. The third-order valence-corrected chi connectivity index (χ3v) is 3.18. The molecule has 4 nitrogen and oxygen atoms in total. The molecule has 0 spiro atoms. The van der Waals surface area contributed by atoms with Crippen LogP contribution in [0.5, 0.6) is 0 Å². The van der Waals surface area contributed by atoms with Crippen molar-refractivity contribution >= 4 is 34.6 Å². The number of halogens is 1. The van der Waals surface area contributed by atoms with E-state index in [9.17, 15) is 0 Å². The van der Waals surface area contributed by atoms with E-state index in [2.05, 4.69) is 16.2 Å². The van der Waals surface area contributed by atoms with E-state index in [1.165, 1.54) is 0 Å². The first-order chi connectivity index (χ1) is 8.74. The topological polar surface area (TPSA) is 45.3 Å². The van der Waals surface area contributed by atoms with Crippen molar-refractivity contribution in [2.45, 2.75) is 18.9 Å². The van der Waals surface area contributed by atoms with Crippen LogP contribution < -0.4 is 16.2 Å². The zero-order valence-electron chi connectivity index (χ0n) is 9.91. The highest BCUT2D eigenvalue weighted by atomic mass is 35.5. The zero-order chi connectivity index (χ0) is 12.8. The van der Waals surface area contributed by atoms with Crippen LogP contribution in [0.3, 0.4) is 0 Å². The van der Waals surface area contributed by atoms with Crippen molar-refractivity contribution in [2.75, 3.05) is 18.6 Å². The highest BCUT2D eigenvalue weighted by Gasteiger charge is 2.14. The van der Waals surface area contributed by atoms with Crippen LogP contribution in [-0.4, -0.2) is 24.4 Å². The van der Waals surface area contributed by atoms with Crippen molar-refractivity contribution in [3.05, 3.63) is 29.3 Å². The summed E-state index contributed by atoms with van der Waals surface area (Å²) in [6.45, 7) is 1.60. The highest BCUT2D eigenvalue weighted by molar-refractivity contribution is 7.80. The lowest BCUT2D eigenvalue weighted by Crippen LogP contribution is -2.41. The standard InChI is InChI=1S/C12H16ClN3OS/c13-9-3-5-10(6-4-9)15-16-12(18)14-8-11-2-1-7-17-11/h3-6,11,15H,1-2,7-8H2,(H2,14,16,18)/t11-/m0/s1. The van der Waals surface area contributed by atoms with Gasteiger partial charge in [-0.2, -0.15) is 0 Å². The van der Waals surface area contributed by atoms with Crippen LogP contribution in [0.15, 0.2) is 24.3 Å². The Hall–Kier alpha value is -1.04. The van der Waals surface area contributed by atoms with E-state index < -0.39 is 0 Å². The second kappa shape index (κ2) is 6.78. The molecule has 98 valence electrons. The molecule has 3 N–H and O–H groups in total. The summed E-state index contributed by atoms with van der Waals surface area (Å²) in [6.07, 6.45) is 2.51. The predicted octanol–water partition coefficient (Wildman–Crippen LogP) is 2.31. The maximum atomic E-state index is 5.80. The lowest BCUT2D eigenvalue weighted by atomic mass is 10.2. The van der Waals surface area contributed by atoms with Gasteiger partial charge >= 0.3 is 0 Å². The van der Waals surface area contributed by atoms with Crippen LogP contribution >= 0.6 is 23.8 Å². The summed E-state index contributed by atoms with van der Waals surface area (Å²) in [5.41, 5.74) is 6.81. The number of benzene rings is 1. The molecule has 0 unspecified atom stereocenters. The number of thiocarbonyl (C=S) groups is 1. The molecule has 6 heteroatoms. The maximum absolute atomic E-state index is 5.80. The van der Waals surface area contributed by atoms with E-state index >= 15 is 0 Å². The molecular weight excluding hydrogens is 270 g/mol. The van der Waals surface area contributed by atoms with Gasteiger partial charge in [0.05, 0.1) is 11.8 Å². The molecule has 0 amide bonds. The second-order valence-electron chi connectivity index (χ2n) is 4.10. The molecule has 1 aliphatic heterocycles. The number of ether oxygens (including phenoxy) is 1. The fourth-order valence-electron chi connectivity index (χ4n) is 1.72. The third-order valence-electron chi connectivity index (χ3n) is 2.68. The van der Waals surface area contributed by atoms with Crippen molar-refractivity contribution in [2.24, 2.45) is 0 Å². The van der Waals surface area contributed by atoms with Gasteiger partial charge in [0.2, 0.25) is 0 Å². The van der Waals surface area contributed by atoms with E-state index in [1.807, 2.05) is 24.3 Å². The van der Waals surface area contributed by atoms with Crippen molar-refractivity contribution in [1.82, 2.24) is 10.7 Å². The van der Waals surface area contributed by atoms with Crippen LogP contribution in [0.25, 0.3) is 0 Å². The third kappa shape index (κ3) is 4.33. The first kappa shape index (κ1) is 13.4. The lowest BCUT2D eigenvalue weighted by Gasteiger charge is -2.15. The summed E-state index contributed by atoms with van der Waals surface area (Å²) in [4.78, 5) is 0. The fraction of sp³-hybridized carbons (Fsp3) is 0.417. The SMILES string of the molecule is S=C(NC[C@@H]1CCCO1)NNc1ccc(Cl)cc1. The van der Waals surface area contributed by atoms with Gasteiger partial charge < -0.3 is 10.1 Å². The normalized spacial score (nSPS) is 18.4. The molecule has 0 aliphatic carbocycles. The average Bonchev–Trinajstić information content (AvgIpc) is 2.89. The number of hydrazine groups is 1. The zero-order valence-corrected chi connectivity index (χ0v) is 11.5. The number of nitrogens with one attached hydrogen (secondary N) is 3. The van der Waals surface area contributed by atoms with Crippen LogP contribution in [0.1, 0.15) is 12.8 Å². The van der Waals surface area contributed by atoms with Gasteiger partial charge in [0, 0.05) is 18.2 Å². The second-order valence-corrected chi connectivity index (χ2v) is 4.95. The first-order valence-electron chi connectivity index (χ1n) is 5.91. The molecule has 1 aromatic rings. The molecule has 0 aromatic heterocycles. The summed E-state index contributed by atoms with van der Waals surface area (Å²) < 4.78 is 5.49. The number of hydrogen-bond donors (Lipinski definition) is 3. The summed E-state index contributed by atoms with van der Waals surface area (Å²) >= 11 is 10.9. The Bertz CT molecular complexity index is 393. The van der Waals surface area contributed by atoms with E-state index in [0.717, 1.165) is 31.7 Å². The summed E-state index contributed by atoms with van der Waals surface area (Å²) in [5, 5.41) is 4.38. The van der Waals surface area contributed by atoms with E-state index in [-0.39, 0.29) is 6.10 Å². The van der Waals surface area contributed by atoms with Crippen LogP contribution in [0.2, 0.25) is 5.02 Å². The van der Waals surface area contributed by atoms with Crippen LogP contribution in [0, 0.1) is 0 Å². The molecule has 0 radical (unpaired) electrons. The van der Waals surface area contributed by atoms with Crippen molar-refractivity contribution in [1.29, 1.82) is 0 Å². The molecule has 0 saturated carbocycles. The minimum Gasteiger partial charge on any atom is -0.376 e. The smallest absolute Gasteiger partial charge is 0.185 e. The average molecular weight is 286 g/mol. The molecule has 1 atom stereocenters. The Morgan fingerprint density at radius 3 is 2.83 bits per heavy atom. The van der Waals surface area contributed by atoms with Gasteiger partial charge in [0.15, 0.2) is 5.11 Å². The van der Waals surface area contributed by atoms with Gasteiger partial charge in [0.1, 0.15) is 0 Å². The van der Waals surface area contributed by atoms with Gasteiger partial charge in [-0.3, -0.25) is 10.9 Å². The maximum Gasteiger partial charge on any atom is 0.185 e. The highest BCUT2D eigenvalue weighted by Crippen LogP contribution is 2.12. The molecule has 1 aromatic carbocycles. The Morgan fingerprint density at radius 2 is 2.17 bits per heavy atom. The molecule has 2 rings (SSSR count). The molecule has 1 aliphatic rings. The van der Waals surface area contributed by atoms with Gasteiger partial charge in [-0.1, -0.05) is 11.6 Å². The predicted molar refractivity (Wildman–Crippen MR) is 77.8 cm³/mol. The number of anilines is 1. The number of rotatable bonds is 4. The quantitative estimate of drug-likeness (QED) is 0.585. The van der Waals surface area contributed by atoms with Gasteiger partial charge in [-0.15, -0.1) is 0 Å². The largest absolute Gasteiger partial charge is 0.376 e. The van der Waals surface area contributed by atoms with Crippen molar-refractivity contribution < 1.29 is 4.74 Å². The summed E-state index contributed by atoms with van der Waals surface area (Å²) in [7, 11) is 0. The lowest BCUT2D eigenvalue weighted by molar-refractivity contribution is 0.114. The summed E-state index contributed by atoms with van der Waals surface area (Å²) in [6, 6.07) is 7.37. The Balaban J connectivity index is 1.66. The minimum absolute atomic E-state index is 0.278. The van der Waals surface area contributed by atoms with Gasteiger partial charge in [-0.25, -0.2) is 0 Å². The summed E-state index contributed by atoms with van der Waals surface area (Å²) in [5.74, 6) is 0. The van der Waals surface area contributed by atoms with E-state index in [4.69, 9.17) is 28.6 Å². The van der Waals surface area contributed by atoms with Crippen LogP contribution in [0.4, 0.5) is 5.69 Å². The monoisotopic (exact) mass is 285 g/mol. The molecule has 0 bridgehead atoms. The van der Waals surface area contributed by atoms with E-state index in [0.29, 0.717) is 10.1 Å². The fourth-order valence-corrected chi connectivity index (χ4v) is 1.98. The van der Waals surface area contributed by atoms with E-state index in [1.54, 1.807) is 0 Å². The Morgan fingerprint density at radius 1 is 1.39 bits per heavy atom. The molecule has 1 fully saturated rings. The van der Waals surface area contributed by atoms with Crippen molar-refractivity contribution in [3.63, 3.8) is 0 Å². The molecule has 1 saturated heterocycles. The van der Waals surface area contributed by atoms with Gasteiger partial charge in [0.25, 0.3) is 0 Å². The van der Waals surface area contributed by atoms with Crippen LogP contribution in [-0.2, 0) is 4.74 Å². The first-order valence-corrected chi connectivity index (χ1v) is 6.70. The molecule has 18 heavy (non-hydrogen) atoms. The van der Waals surface area contributed by atoms with Gasteiger partial charge in [-0.05, 0) is 49.3 Å². The Kier molecular flexibility index (Phi) is 5.04. The number of hydrogen-bond acceptors (Lipinski definition) is 3. The van der Waals surface area contributed by atoms with Crippen molar-refractivity contribution in [3.8, 4) is 0 Å². The molecular formula is C12H16ClN3OS. The Labute approximate surface area is 117 Å².